The third-order valence-electron chi connectivity index (χ3n) is 4.18. The van der Waals surface area contributed by atoms with Crippen LogP contribution in [0.4, 0.5) is 0 Å². The van der Waals surface area contributed by atoms with E-state index >= 15 is 0 Å². The summed E-state index contributed by atoms with van der Waals surface area (Å²) in [5.74, 6) is 1.00. The minimum atomic E-state index is 0.720. The van der Waals surface area contributed by atoms with E-state index in [0.717, 1.165) is 25.4 Å². The predicted molar refractivity (Wildman–Crippen MR) is 83.4 cm³/mol. The van der Waals surface area contributed by atoms with Crippen LogP contribution in [-0.4, -0.2) is 35.7 Å². The van der Waals surface area contributed by atoms with Gasteiger partial charge in [0.2, 0.25) is 0 Å². The molecule has 3 rings (SSSR count). The predicted octanol–water partition coefficient (Wildman–Crippen LogP) is 3.53. The van der Waals surface area contributed by atoms with Gasteiger partial charge in [-0.2, -0.15) is 0 Å². The Bertz CT molecular complexity index is 555. The quantitative estimate of drug-likeness (QED) is 0.828. The number of aromatic nitrogens is 1. The van der Waals surface area contributed by atoms with Crippen LogP contribution >= 0.6 is 0 Å². The summed E-state index contributed by atoms with van der Waals surface area (Å²) in [6, 6.07) is 8.51. The normalized spacial score (nSPS) is 16.6. The minimum absolute atomic E-state index is 0.720. The monoisotopic (exact) mass is 272 g/mol. The van der Waals surface area contributed by atoms with Gasteiger partial charge in [-0.05, 0) is 51.1 Å². The Morgan fingerprint density at radius 1 is 1.05 bits per heavy atom. The molecule has 108 valence electrons. The molecule has 1 saturated heterocycles. The van der Waals surface area contributed by atoms with Gasteiger partial charge in [-0.15, -0.1) is 0 Å². The van der Waals surface area contributed by atoms with Gasteiger partial charge in [0.25, 0.3) is 0 Å². The van der Waals surface area contributed by atoms with Crippen LogP contribution in [0.25, 0.3) is 10.9 Å². The second-order valence-corrected chi connectivity index (χ2v) is 5.53. The fourth-order valence-corrected chi connectivity index (χ4v) is 3.10. The second-order valence-electron chi connectivity index (χ2n) is 5.53. The fourth-order valence-electron chi connectivity index (χ4n) is 3.10. The van der Waals surface area contributed by atoms with E-state index in [-0.39, 0.29) is 0 Å². The van der Waals surface area contributed by atoms with E-state index < -0.39 is 0 Å². The molecule has 0 spiro atoms. The highest BCUT2D eigenvalue weighted by Crippen LogP contribution is 2.26. The standard InChI is InChI=1S/C17H24N2O/c1-2-20-17-8-6-7-16-15(17)9-12-19(16)14-13-18-10-4-3-5-11-18/h6-9,12H,2-5,10-11,13-14H2,1H3. The Morgan fingerprint density at radius 2 is 1.90 bits per heavy atom. The van der Waals surface area contributed by atoms with E-state index in [1.165, 1.54) is 43.3 Å². The summed E-state index contributed by atoms with van der Waals surface area (Å²) in [5.41, 5.74) is 1.29. The van der Waals surface area contributed by atoms with Gasteiger partial charge in [-0.25, -0.2) is 0 Å². The number of fused-ring (bicyclic) bond motifs is 1. The number of nitrogens with zero attached hydrogens (tertiary/aromatic N) is 2. The second kappa shape index (κ2) is 6.31. The van der Waals surface area contributed by atoms with E-state index in [4.69, 9.17) is 4.74 Å². The van der Waals surface area contributed by atoms with E-state index in [0.29, 0.717) is 0 Å². The average molecular weight is 272 g/mol. The van der Waals surface area contributed by atoms with Crippen molar-refractivity contribution in [1.29, 1.82) is 0 Å². The molecule has 1 aliphatic heterocycles. The summed E-state index contributed by atoms with van der Waals surface area (Å²) in [5, 5.41) is 1.23. The van der Waals surface area contributed by atoms with Crippen LogP contribution in [-0.2, 0) is 6.54 Å². The van der Waals surface area contributed by atoms with Crippen molar-refractivity contribution in [2.45, 2.75) is 32.7 Å². The van der Waals surface area contributed by atoms with Crippen LogP contribution in [0.5, 0.6) is 5.75 Å². The molecule has 0 amide bonds. The molecule has 1 aromatic heterocycles. The molecule has 0 atom stereocenters. The molecule has 0 N–H and O–H groups in total. The molecular formula is C17H24N2O. The first-order valence-electron chi connectivity index (χ1n) is 7.81. The summed E-state index contributed by atoms with van der Waals surface area (Å²) >= 11 is 0. The number of ether oxygens (including phenoxy) is 1. The lowest BCUT2D eigenvalue weighted by Crippen LogP contribution is -2.32. The summed E-state index contributed by atoms with van der Waals surface area (Å²) in [6.07, 6.45) is 6.32. The number of likely N-dealkylation sites (tertiary alicyclic amines) is 1. The van der Waals surface area contributed by atoms with Crippen LogP contribution in [0.1, 0.15) is 26.2 Å². The van der Waals surface area contributed by atoms with Gasteiger partial charge < -0.3 is 14.2 Å². The van der Waals surface area contributed by atoms with Crippen LogP contribution in [0.15, 0.2) is 30.5 Å². The molecule has 1 aliphatic rings. The summed E-state index contributed by atoms with van der Waals surface area (Å²) in [4.78, 5) is 2.59. The maximum atomic E-state index is 5.70. The fraction of sp³-hybridized carbons (Fsp3) is 0.529. The van der Waals surface area contributed by atoms with Gasteiger partial charge in [0, 0.05) is 24.7 Å². The van der Waals surface area contributed by atoms with Crippen molar-refractivity contribution < 1.29 is 4.74 Å². The first-order valence-corrected chi connectivity index (χ1v) is 7.81. The van der Waals surface area contributed by atoms with Crippen LogP contribution in [0, 0.1) is 0 Å². The molecule has 0 radical (unpaired) electrons. The molecule has 1 aromatic carbocycles. The molecule has 0 aliphatic carbocycles. The van der Waals surface area contributed by atoms with Crippen molar-refractivity contribution >= 4 is 10.9 Å². The SMILES string of the molecule is CCOc1cccc2c1ccn2CCN1CCCCC1. The van der Waals surface area contributed by atoms with Crippen LogP contribution in [0.2, 0.25) is 0 Å². The summed E-state index contributed by atoms with van der Waals surface area (Å²) < 4.78 is 8.06. The van der Waals surface area contributed by atoms with Crippen molar-refractivity contribution in [3.05, 3.63) is 30.5 Å². The van der Waals surface area contributed by atoms with Gasteiger partial charge in [-0.3, -0.25) is 0 Å². The zero-order valence-corrected chi connectivity index (χ0v) is 12.3. The zero-order chi connectivity index (χ0) is 13.8. The molecule has 2 heterocycles. The van der Waals surface area contributed by atoms with Gasteiger partial charge in [0.05, 0.1) is 12.1 Å². The van der Waals surface area contributed by atoms with Gasteiger partial charge in [-0.1, -0.05) is 12.5 Å². The molecule has 20 heavy (non-hydrogen) atoms. The number of piperidine rings is 1. The molecule has 3 heteroatoms. The number of hydrogen-bond donors (Lipinski definition) is 0. The average Bonchev–Trinajstić information content (AvgIpc) is 2.91. The lowest BCUT2D eigenvalue weighted by molar-refractivity contribution is 0.221. The first kappa shape index (κ1) is 13.5. The topological polar surface area (TPSA) is 17.4 Å². The van der Waals surface area contributed by atoms with E-state index in [2.05, 4.69) is 39.9 Å². The van der Waals surface area contributed by atoms with Gasteiger partial charge in [0.15, 0.2) is 0 Å². The lowest BCUT2D eigenvalue weighted by Gasteiger charge is -2.26. The summed E-state index contributed by atoms with van der Waals surface area (Å²) in [7, 11) is 0. The Morgan fingerprint density at radius 3 is 2.70 bits per heavy atom. The van der Waals surface area contributed by atoms with E-state index in [9.17, 15) is 0 Å². The molecule has 2 aromatic rings. The molecule has 0 saturated carbocycles. The highest BCUT2D eigenvalue weighted by Gasteiger charge is 2.11. The summed E-state index contributed by atoms with van der Waals surface area (Å²) in [6.45, 7) is 7.51. The lowest BCUT2D eigenvalue weighted by atomic mass is 10.1. The highest BCUT2D eigenvalue weighted by molar-refractivity contribution is 5.86. The molecule has 1 fully saturated rings. The van der Waals surface area contributed by atoms with Crippen molar-refractivity contribution in [1.82, 2.24) is 9.47 Å². The molecular weight excluding hydrogens is 248 g/mol. The number of hydrogen-bond acceptors (Lipinski definition) is 2. The number of rotatable bonds is 5. The van der Waals surface area contributed by atoms with Crippen LogP contribution < -0.4 is 4.74 Å². The van der Waals surface area contributed by atoms with E-state index in [1.807, 2.05) is 6.92 Å². The van der Waals surface area contributed by atoms with Crippen molar-refractivity contribution in [3.63, 3.8) is 0 Å². The van der Waals surface area contributed by atoms with Crippen molar-refractivity contribution in [3.8, 4) is 5.75 Å². The Balaban J connectivity index is 1.73. The maximum Gasteiger partial charge on any atom is 0.128 e. The van der Waals surface area contributed by atoms with Gasteiger partial charge in [0.1, 0.15) is 5.75 Å². The smallest absolute Gasteiger partial charge is 0.128 e. The number of benzene rings is 1. The van der Waals surface area contributed by atoms with Gasteiger partial charge >= 0.3 is 0 Å². The Labute approximate surface area is 121 Å². The first-order chi connectivity index (χ1) is 9.88. The van der Waals surface area contributed by atoms with Crippen LogP contribution in [0.3, 0.4) is 0 Å². The third kappa shape index (κ3) is 2.83. The molecule has 0 bridgehead atoms. The van der Waals surface area contributed by atoms with Crippen molar-refractivity contribution in [2.75, 3.05) is 26.2 Å². The largest absolute Gasteiger partial charge is 0.493 e. The molecule has 3 nitrogen and oxygen atoms in total. The third-order valence-corrected chi connectivity index (χ3v) is 4.18. The zero-order valence-electron chi connectivity index (χ0n) is 12.3. The minimum Gasteiger partial charge on any atom is -0.493 e. The molecule has 0 unspecified atom stereocenters. The highest BCUT2D eigenvalue weighted by atomic mass is 16.5. The maximum absolute atomic E-state index is 5.70. The Kier molecular flexibility index (Phi) is 4.26. The van der Waals surface area contributed by atoms with E-state index in [1.54, 1.807) is 0 Å². The Hall–Kier alpha value is -1.48. The van der Waals surface area contributed by atoms with Crippen molar-refractivity contribution in [2.24, 2.45) is 0 Å².